The molecule has 30 heavy (non-hydrogen) atoms. The molecule has 2 aliphatic carbocycles. The van der Waals surface area contributed by atoms with Crippen molar-refractivity contribution in [3.8, 4) is 0 Å². The summed E-state index contributed by atoms with van der Waals surface area (Å²) < 4.78 is 5.44. The minimum Gasteiger partial charge on any atom is -0.379 e. The van der Waals surface area contributed by atoms with Crippen molar-refractivity contribution in [2.75, 3.05) is 52.5 Å². The summed E-state index contributed by atoms with van der Waals surface area (Å²) in [6.07, 6.45) is 12.3. The Morgan fingerprint density at radius 2 is 1.70 bits per heavy atom. The topological polar surface area (TPSA) is 53.1 Å². The molecule has 0 radical (unpaired) electrons. The van der Waals surface area contributed by atoms with Gasteiger partial charge in [-0.1, -0.05) is 32.1 Å². The predicted molar refractivity (Wildman–Crippen MR) is 117 cm³/mol. The molecule has 6 nitrogen and oxygen atoms in total. The zero-order valence-corrected chi connectivity index (χ0v) is 18.7. The first-order valence-corrected chi connectivity index (χ1v) is 12.6. The summed E-state index contributed by atoms with van der Waals surface area (Å²) in [5.74, 6) is 1.67. The van der Waals surface area contributed by atoms with Crippen LogP contribution >= 0.6 is 0 Å². The standard InChI is InChI=1S/C24H41N3O3/c28-23(10-9-20-5-1-2-6-20)26-14-11-22(19-26)27(24(29)21-7-3-8-21)13-4-12-25-15-17-30-18-16-25/h20-22H,1-19H2. The fraction of sp³-hybridized carbons (Fsp3) is 0.917. The summed E-state index contributed by atoms with van der Waals surface area (Å²) in [5, 5.41) is 0. The van der Waals surface area contributed by atoms with E-state index in [1.165, 1.54) is 32.1 Å². The van der Waals surface area contributed by atoms with E-state index in [2.05, 4.69) is 9.80 Å². The third-order valence-electron chi connectivity index (χ3n) is 7.91. The van der Waals surface area contributed by atoms with Crippen LogP contribution in [0.25, 0.3) is 0 Å². The highest BCUT2D eigenvalue weighted by Gasteiger charge is 2.37. The van der Waals surface area contributed by atoms with E-state index in [0.29, 0.717) is 18.2 Å². The second-order valence-corrected chi connectivity index (χ2v) is 9.94. The number of hydrogen-bond acceptors (Lipinski definition) is 4. The van der Waals surface area contributed by atoms with Gasteiger partial charge in [0.15, 0.2) is 0 Å². The highest BCUT2D eigenvalue weighted by Crippen LogP contribution is 2.31. The average Bonchev–Trinajstić information content (AvgIpc) is 3.41. The fourth-order valence-electron chi connectivity index (χ4n) is 5.66. The molecule has 1 unspecified atom stereocenters. The Bertz CT molecular complexity index is 568. The molecule has 4 fully saturated rings. The van der Waals surface area contributed by atoms with Crippen LogP contribution in [0.5, 0.6) is 0 Å². The second-order valence-electron chi connectivity index (χ2n) is 9.94. The van der Waals surface area contributed by atoms with Gasteiger partial charge in [-0.25, -0.2) is 0 Å². The van der Waals surface area contributed by atoms with Gasteiger partial charge in [0.1, 0.15) is 0 Å². The van der Waals surface area contributed by atoms with E-state index in [1.54, 1.807) is 0 Å². The number of likely N-dealkylation sites (tertiary alicyclic amines) is 1. The normalized spacial score (nSPS) is 26.1. The lowest BCUT2D eigenvalue weighted by molar-refractivity contribution is -0.141. The first-order chi connectivity index (χ1) is 14.7. The smallest absolute Gasteiger partial charge is 0.225 e. The molecular weight excluding hydrogens is 378 g/mol. The number of ether oxygens (including phenoxy) is 1. The van der Waals surface area contributed by atoms with Gasteiger partial charge in [0.2, 0.25) is 11.8 Å². The third-order valence-corrected chi connectivity index (χ3v) is 7.91. The van der Waals surface area contributed by atoms with Crippen LogP contribution in [0, 0.1) is 11.8 Å². The van der Waals surface area contributed by atoms with Crippen molar-refractivity contribution < 1.29 is 14.3 Å². The van der Waals surface area contributed by atoms with Crippen LogP contribution in [0.3, 0.4) is 0 Å². The molecule has 6 heteroatoms. The van der Waals surface area contributed by atoms with Crippen LogP contribution in [0.4, 0.5) is 0 Å². The van der Waals surface area contributed by atoms with Crippen LogP contribution in [-0.2, 0) is 14.3 Å². The zero-order valence-electron chi connectivity index (χ0n) is 18.7. The Morgan fingerprint density at radius 3 is 2.40 bits per heavy atom. The molecule has 1 atom stereocenters. The number of carbonyl (C=O) groups is 2. The Balaban J connectivity index is 1.26. The summed E-state index contributed by atoms with van der Waals surface area (Å²) in [6, 6.07) is 0.221. The van der Waals surface area contributed by atoms with E-state index in [9.17, 15) is 9.59 Å². The molecule has 2 amide bonds. The minimum atomic E-state index is 0.221. The molecule has 4 aliphatic rings. The predicted octanol–water partition coefficient (Wildman–Crippen LogP) is 2.91. The Labute approximate surface area is 182 Å². The Kier molecular flexibility index (Phi) is 8.05. The lowest BCUT2D eigenvalue weighted by Crippen LogP contribution is -2.48. The summed E-state index contributed by atoms with van der Waals surface area (Å²) in [7, 11) is 0. The number of hydrogen-bond donors (Lipinski definition) is 0. The van der Waals surface area contributed by atoms with Gasteiger partial charge in [-0.3, -0.25) is 14.5 Å². The summed E-state index contributed by atoms with van der Waals surface area (Å²) in [5.41, 5.74) is 0. The number of morpholine rings is 1. The van der Waals surface area contributed by atoms with E-state index >= 15 is 0 Å². The van der Waals surface area contributed by atoms with Gasteiger partial charge in [-0.2, -0.15) is 0 Å². The highest BCUT2D eigenvalue weighted by atomic mass is 16.5. The maximum absolute atomic E-state index is 13.2. The molecule has 0 aromatic rings. The van der Waals surface area contributed by atoms with Gasteiger partial charge in [0.25, 0.3) is 0 Å². The second kappa shape index (κ2) is 10.9. The van der Waals surface area contributed by atoms with Gasteiger partial charge in [-0.05, 0) is 38.0 Å². The van der Waals surface area contributed by atoms with Gasteiger partial charge in [0.05, 0.1) is 19.3 Å². The molecule has 2 saturated carbocycles. The monoisotopic (exact) mass is 419 g/mol. The van der Waals surface area contributed by atoms with Crippen LogP contribution in [0.1, 0.15) is 70.6 Å². The largest absolute Gasteiger partial charge is 0.379 e. The minimum absolute atomic E-state index is 0.221. The van der Waals surface area contributed by atoms with Crippen molar-refractivity contribution >= 4 is 11.8 Å². The van der Waals surface area contributed by atoms with E-state index in [4.69, 9.17) is 4.74 Å². The molecule has 0 aromatic heterocycles. The highest BCUT2D eigenvalue weighted by molar-refractivity contribution is 5.80. The average molecular weight is 420 g/mol. The van der Waals surface area contributed by atoms with Crippen molar-refractivity contribution in [3.05, 3.63) is 0 Å². The Hall–Kier alpha value is -1.14. The van der Waals surface area contributed by atoms with E-state index in [-0.39, 0.29) is 12.0 Å². The van der Waals surface area contributed by atoms with Crippen LogP contribution in [0.2, 0.25) is 0 Å². The van der Waals surface area contributed by atoms with Crippen molar-refractivity contribution in [2.24, 2.45) is 11.8 Å². The quantitative estimate of drug-likeness (QED) is 0.577. The SMILES string of the molecule is O=C(CCC1CCCC1)N1CCC(N(CCCN2CCOCC2)C(=O)C2CCC2)C1. The van der Waals surface area contributed by atoms with E-state index < -0.39 is 0 Å². The van der Waals surface area contributed by atoms with Crippen LogP contribution in [-0.4, -0.2) is 85.0 Å². The third kappa shape index (κ3) is 5.76. The molecule has 4 rings (SSSR count). The molecule has 0 N–H and O–H groups in total. The number of carbonyl (C=O) groups excluding carboxylic acids is 2. The van der Waals surface area contributed by atoms with Crippen molar-refractivity contribution in [1.82, 2.24) is 14.7 Å². The first kappa shape index (κ1) is 22.1. The molecule has 2 aliphatic heterocycles. The number of nitrogens with zero attached hydrogens (tertiary/aromatic N) is 3. The number of rotatable bonds is 9. The maximum Gasteiger partial charge on any atom is 0.225 e. The molecule has 2 heterocycles. The van der Waals surface area contributed by atoms with E-state index in [1.807, 2.05) is 4.90 Å². The van der Waals surface area contributed by atoms with Gasteiger partial charge in [0, 0.05) is 51.6 Å². The van der Waals surface area contributed by atoms with Gasteiger partial charge in [-0.15, -0.1) is 0 Å². The van der Waals surface area contributed by atoms with E-state index in [0.717, 1.165) is 90.5 Å². The summed E-state index contributed by atoms with van der Waals surface area (Å²) >= 11 is 0. The zero-order chi connectivity index (χ0) is 20.8. The number of amides is 2. The lowest BCUT2D eigenvalue weighted by atomic mass is 9.84. The summed E-state index contributed by atoms with van der Waals surface area (Å²) in [4.78, 5) is 32.6. The molecule has 0 aromatic carbocycles. The fourth-order valence-corrected chi connectivity index (χ4v) is 5.66. The molecule has 170 valence electrons. The maximum atomic E-state index is 13.2. The first-order valence-electron chi connectivity index (χ1n) is 12.6. The van der Waals surface area contributed by atoms with Crippen molar-refractivity contribution in [2.45, 2.75) is 76.7 Å². The molecule has 2 saturated heterocycles. The lowest BCUT2D eigenvalue weighted by Gasteiger charge is -2.36. The van der Waals surface area contributed by atoms with Crippen LogP contribution in [0.15, 0.2) is 0 Å². The Morgan fingerprint density at radius 1 is 0.933 bits per heavy atom. The molecule has 0 bridgehead atoms. The van der Waals surface area contributed by atoms with Gasteiger partial charge >= 0.3 is 0 Å². The molecular formula is C24H41N3O3. The van der Waals surface area contributed by atoms with Gasteiger partial charge < -0.3 is 14.5 Å². The molecule has 0 spiro atoms. The summed E-state index contributed by atoms with van der Waals surface area (Å²) in [6.45, 7) is 7.10. The van der Waals surface area contributed by atoms with Crippen molar-refractivity contribution in [1.29, 1.82) is 0 Å². The van der Waals surface area contributed by atoms with Crippen molar-refractivity contribution in [3.63, 3.8) is 0 Å². The van der Waals surface area contributed by atoms with Crippen LogP contribution < -0.4 is 0 Å².